The van der Waals surface area contributed by atoms with Crippen molar-refractivity contribution < 1.29 is 18.7 Å². The minimum absolute atomic E-state index is 0.0949. The van der Waals surface area contributed by atoms with Gasteiger partial charge in [0, 0.05) is 17.7 Å². The number of anilines is 1. The van der Waals surface area contributed by atoms with Gasteiger partial charge in [0.2, 0.25) is 5.91 Å². The quantitative estimate of drug-likeness (QED) is 0.897. The van der Waals surface area contributed by atoms with E-state index in [2.05, 4.69) is 10.6 Å². The molecule has 0 fully saturated rings. The molecule has 2 aromatic rings. The zero-order valence-corrected chi connectivity index (χ0v) is 14.1. The van der Waals surface area contributed by atoms with Gasteiger partial charge in [-0.2, -0.15) is 0 Å². The lowest BCUT2D eigenvalue weighted by molar-refractivity contribution is -0.115. The Morgan fingerprint density at radius 3 is 2.88 bits per heavy atom. The Kier molecular flexibility index (Phi) is 4.70. The Morgan fingerprint density at radius 2 is 2.12 bits per heavy atom. The average Bonchev–Trinajstić information content (AvgIpc) is 2.59. The molecule has 0 atom stereocenters. The standard InChI is InChI=1S/C19H19FN2O3/c1-11-3-4-12(9-16(11)25-2)10-17(23)22-15-6-5-14-13(18(15)20)7-8-21-19(14)24/h3-6,9H,7-8,10H2,1-2H3,(H,21,24)(H,22,23). The molecule has 2 N–H and O–H groups in total. The van der Waals surface area contributed by atoms with Crippen molar-refractivity contribution in [2.24, 2.45) is 0 Å². The lowest BCUT2D eigenvalue weighted by Gasteiger charge is -2.18. The first-order chi connectivity index (χ1) is 12.0. The van der Waals surface area contributed by atoms with Crippen molar-refractivity contribution in [2.45, 2.75) is 19.8 Å². The largest absolute Gasteiger partial charge is 0.496 e. The molecule has 3 rings (SSSR count). The Bertz CT molecular complexity index is 849. The van der Waals surface area contributed by atoms with Gasteiger partial charge in [0.1, 0.15) is 5.75 Å². The zero-order valence-electron chi connectivity index (χ0n) is 14.1. The van der Waals surface area contributed by atoms with Crippen molar-refractivity contribution in [3.63, 3.8) is 0 Å². The van der Waals surface area contributed by atoms with Crippen molar-refractivity contribution in [1.29, 1.82) is 0 Å². The van der Waals surface area contributed by atoms with Crippen LogP contribution < -0.4 is 15.4 Å². The molecule has 0 aromatic heterocycles. The Balaban J connectivity index is 1.76. The van der Waals surface area contributed by atoms with Gasteiger partial charge in [-0.25, -0.2) is 4.39 Å². The van der Waals surface area contributed by atoms with E-state index in [-0.39, 0.29) is 23.9 Å². The molecule has 0 aliphatic carbocycles. The second kappa shape index (κ2) is 6.93. The first kappa shape index (κ1) is 17.0. The van der Waals surface area contributed by atoms with Gasteiger partial charge in [0.05, 0.1) is 19.2 Å². The van der Waals surface area contributed by atoms with Crippen LogP contribution in [0.25, 0.3) is 0 Å². The van der Waals surface area contributed by atoms with Crippen molar-refractivity contribution in [1.82, 2.24) is 5.32 Å². The molecule has 25 heavy (non-hydrogen) atoms. The van der Waals surface area contributed by atoms with E-state index < -0.39 is 5.82 Å². The summed E-state index contributed by atoms with van der Waals surface area (Å²) in [4.78, 5) is 24.0. The lowest BCUT2D eigenvalue weighted by Crippen LogP contribution is -2.32. The minimum Gasteiger partial charge on any atom is -0.496 e. The van der Waals surface area contributed by atoms with E-state index in [1.165, 1.54) is 12.1 Å². The maximum Gasteiger partial charge on any atom is 0.251 e. The molecule has 2 amide bonds. The summed E-state index contributed by atoms with van der Waals surface area (Å²) in [5.74, 6) is -0.451. The van der Waals surface area contributed by atoms with Crippen molar-refractivity contribution >= 4 is 17.5 Å². The fraction of sp³-hybridized carbons (Fsp3) is 0.263. The highest BCUT2D eigenvalue weighted by Gasteiger charge is 2.22. The molecule has 0 spiro atoms. The van der Waals surface area contributed by atoms with Crippen LogP contribution in [0.4, 0.5) is 10.1 Å². The fourth-order valence-electron chi connectivity index (χ4n) is 2.93. The molecule has 0 saturated heterocycles. The average molecular weight is 342 g/mol. The van der Waals surface area contributed by atoms with Crippen molar-refractivity contribution in [3.8, 4) is 5.75 Å². The van der Waals surface area contributed by atoms with Crippen LogP contribution >= 0.6 is 0 Å². The van der Waals surface area contributed by atoms with Gasteiger partial charge in [-0.05, 0) is 42.7 Å². The third kappa shape index (κ3) is 3.47. The zero-order chi connectivity index (χ0) is 18.0. The van der Waals surface area contributed by atoms with Gasteiger partial charge in [-0.1, -0.05) is 12.1 Å². The highest BCUT2D eigenvalue weighted by atomic mass is 19.1. The number of rotatable bonds is 4. The molecule has 0 bridgehead atoms. The third-order valence-corrected chi connectivity index (χ3v) is 4.26. The monoisotopic (exact) mass is 342 g/mol. The summed E-state index contributed by atoms with van der Waals surface area (Å²) in [6.45, 7) is 2.31. The van der Waals surface area contributed by atoms with Gasteiger partial charge in [0.25, 0.3) is 5.91 Å². The minimum atomic E-state index is -0.540. The number of aryl methyl sites for hydroxylation is 1. The predicted molar refractivity (Wildman–Crippen MR) is 92.5 cm³/mol. The van der Waals surface area contributed by atoms with E-state index in [1.54, 1.807) is 13.2 Å². The van der Waals surface area contributed by atoms with E-state index in [4.69, 9.17) is 4.74 Å². The number of ether oxygens (including phenoxy) is 1. The summed E-state index contributed by atoms with van der Waals surface area (Å²) in [5.41, 5.74) is 2.52. The number of nitrogens with one attached hydrogen (secondary N) is 2. The topological polar surface area (TPSA) is 67.4 Å². The molecular formula is C19H19FN2O3. The van der Waals surface area contributed by atoms with Crippen LogP contribution in [0.1, 0.15) is 27.0 Å². The van der Waals surface area contributed by atoms with Crippen LogP contribution in [0.15, 0.2) is 30.3 Å². The predicted octanol–water partition coefficient (Wildman–Crippen LogP) is 2.61. The van der Waals surface area contributed by atoms with Crippen molar-refractivity contribution in [3.05, 3.63) is 58.4 Å². The van der Waals surface area contributed by atoms with E-state index in [1.807, 2.05) is 19.1 Å². The maximum atomic E-state index is 14.6. The van der Waals surface area contributed by atoms with E-state index >= 15 is 0 Å². The van der Waals surface area contributed by atoms with E-state index in [0.717, 1.165) is 11.1 Å². The summed E-state index contributed by atoms with van der Waals surface area (Å²) >= 11 is 0. The van der Waals surface area contributed by atoms with Gasteiger partial charge >= 0.3 is 0 Å². The lowest BCUT2D eigenvalue weighted by atomic mass is 9.98. The van der Waals surface area contributed by atoms with Crippen LogP contribution in [0.2, 0.25) is 0 Å². The highest BCUT2D eigenvalue weighted by molar-refractivity contribution is 5.98. The number of hydrogen-bond acceptors (Lipinski definition) is 3. The molecule has 2 aromatic carbocycles. The molecule has 130 valence electrons. The first-order valence-electron chi connectivity index (χ1n) is 8.02. The van der Waals surface area contributed by atoms with Gasteiger partial charge in [-0.3, -0.25) is 9.59 Å². The van der Waals surface area contributed by atoms with E-state index in [9.17, 15) is 14.0 Å². The molecule has 5 nitrogen and oxygen atoms in total. The van der Waals surface area contributed by atoms with Crippen LogP contribution in [0.5, 0.6) is 5.75 Å². The van der Waals surface area contributed by atoms with Crippen LogP contribution in [-0.4, -0.2) is 25.5 Å². The highest BCUT2D eigenvalue weighted by Crippen LogP contribution is 2.25. The summed E-state index contributed by atoms with van der Waals surface area (Å²) in [6.07, 6.45) is 0.513. The number of hydrogen-bond donors (Lipinski definition) is 2. The number of halogens is 1. The summed E-state index contributed by atoms with van der Waals surface area (Å²) in [7, 11) is 1.57. The van der Waals surface area contributed by atoms with Gasteiger partial charge in [0.15, 0.2) is 5.82 Å². The summed E-state index contributed by atoms with van der Waals surface area (Å²) < 4.78 is 19.8. The number of methoxy groups -OCH3 is 1. The molecule has 0 unspecified atom stereocenters. The first-order valence-corrected chi connectivity index (χ1v) is 8.02. The number of amides is 2. The maximum absolute atomic E-state index is 14.6. The molecular weight excluding hydrogens is 323 g/mol. The number of benzene rings is 2. The van der Waals surface area contributed by atoms with Crippen LogP contribution in [-0.2, 0) is 17.6 Å². The molecule has 0 saturated carbocycles. The molecule has 1 heterocycles. The smallest absolute Gasteiger partial charge is 0.251 e. The van der Waals surface area contributed by atoms with Crippen LogP contribution in [0.3, 0.4) is 0 Å². The normalized spacial score (nSPS) is 13.0. The molecule has 1 aliphatic rings. The van der Waals surface area contributed by atoms with E-state index in [0.29, 0.717) is 29.8 Å². The van der Waals surface area contributed by atoms with Gasteiger partial charge in [-0.15, -0.1) is 0 Å². The SMILES string of the molecule is COc1cc(CC(=O)Nc2ccc3c(c2F)CCNC3=O)ccc1C. The van der Waals surface area contributed by atoms with Crippen molar-refractivity contribution in [2.75, 3.05) is 19.0 Å². The molecule has 6 heteroatoms. The third-order valence-electron chi connectivity index (χ3n) is 4.26. The summed E-state index contributed by atoms with van der Waals surface area (Å²) in [5, 5.41) is 5.26. The number of carbonyl (C=O) groups is 2. The number of fused-ring (bicyclic) bond motifs is 1. The Labute approximate surface area is 145 Å². The summed E-state index contributed by atoms with van der Waals surface area (Å²) in [6, 6.07) is 8.47. The second-order valence-electron chi connectivity index (χ2n) is 5.99. The number of carbonyl (C=O) groups excluding carboxylic acids is 2. The van der Waals surface area contributed by atoms with Gasteiger partial charge < -0.3 is 15.4 Å². The second-order valence-corrected chi connectivity index (χ2v) is 5.99. The fourth-order valence-corrected chi connectivity index (χ4v) is 2.93. The molecule has 0 radical (unpaired) electrons. The molecule has 1 aliphatic heterocycles. The Morgan fingerprint density at radius 1 is 1.32 bits per heavy atom. The van der Waals surface area contributed by atoms with Crippen LogP contribution in [0, 0.1) is 12.7 Å². The Hall–Kier alpha value is -2.89.